The second-order valence-electron chi connectivity index (χ2n) is 4.11. The Balaban J connectivity index is 3.18. The maximum absolute atomic E-state index is 13.1. The van der Waals surface area contributed by atoms with E-state index in [1.54, 1.807) is 13.8 Å². The number of rotatable bonds is 5. The number of sulfonamides is 1. The molecule has 6 heteroatoms. The van der Waals surface area contributed by atoms with Crippen molar-refractivity contribution in [2.24, 2.45) is 0 Å². The summed E-state index contributed by atoms with van der Waals surface area (Å²) in [6.45, 7) is 3.49. The minimum absolute atomic E-state index is 0.354. The molecule has 0 aromatic heterocycles. The highest BCUT2D eigenvalue weighted by atomic mass is 32.2. The van der Waals surface area contributed by atoms with Crippen molar-refractivity contribution in [2.75, 3.05) is 0 Å². The largest absolute Gasteiger partial charge is 0.241 e. The molecule has 1 rings (SSSR count). The number of hydrogen-bond donors (Lipinski definition) is 1. The molecule has 0 bridgehead atoms. The van der Waals surface area contributed by atoms with Crippen LogP contribution in [0.5, 0.6) is 0 Å². The molecule has 1 aromatic carbocycles. The lowest BCUT2D eigenvalue weighted by atomic mass is 9.96. The summed E-state index contributed by atoms with van der Waals surface area (Å²) in [5.74, 6) is 0.0849. The van der Waals surface area contributed by atoms with Crippen molar-refractivity contribution in [3.8, 4) is 12.3 Å². The molecule has 0 radical (unpaired) electrons. The Morgan fingerprint density at radius 2 is 1.84 bits per heavy atom. The maximum Gasteiger partial charge on any atom is 0.241 e. The van der Waals surface area contributed by atoms with E-state index in [0.29, 0.717) is 18.9 Å². The molecule has 0 atom stereocenters. The molecule has 0 aliphatic heterocycles. The van der Waals surface area contributed by atoms with E-state index < -0.39 is 27.2 Å². The molecule has 0 aliphatic rings. The molecule has 0 saturated heterocycles. The average Bonchev–Trinajstić information content (AvgIpc) is 2.39. The zero-order valence-corrected chi connectivity index (χ0v) is 11.5. The van der Waals surface area contributed by atoms with Crippen molar-refractivity contribution in [1.29, 1.82) is 0 Å². The predicted octanol–water partition coefficient (Wildman–Crippen LogP) is 2.44. The van der Waals surface area contributed by atoms with Crippen molar-refractivity contribution in [3.05, 3.63) is 29.8 Å². The third-order valence-electron chi connectivity index (χ3n) is 3.01. The molecule has 19 heavy (non-hydrogen) atoms. The summed E-state index contributed by atoms with van der Waals surface area (Å²) in [7, 11) is -3.99. The number of terminal acetylenes is 1. The van der Waals surface area contributed by atoms with Crippen LogP contribution >= 0.6 is 0 Å². The first-order valence-corrected chi connectivity index (χ1v) is 7.25. The van der Waals surface area contributed by atoms with Gasteiger partial charge in [0.05, 0.1) is 10.4 Å². The van der Waals surface area contributed by atoms with E-state index in [1.165, 1.54) is 0 Å². The maximum atomic E-state index is 13.1. The van der Waals surface area contributed by atoms with Gasteiger partial charge in [-0.25, -0.2) is 17.2 Å². The normalized spacial score (nSPS) is 12.2. The minimum Gasteiger partial charge on any atom is -0.207 e. The fourth-order valence-electron chi connectivity index (χ4n) is 1.59. The van der Waals surface area contributed by atoms with Crippen LogP contribution in [0.15, 0.2) is 23.1 Å². The zero-order valence-electron chi connectivity index (χ0n) is 10.7. The molecule has 1 N–H and O–H groups in total. The quantitative estimate of drug-likeness (QED) is 0.845. The van der Waals surface area contributed by atoms with Gasteiger partial charge in [-0.05, 0) is 31.0 Å². The molecule has 1 aromatic rings. The third kappa shape index (κ3) is 3.31. The SMILES string of the molecule is C#CC(CC)(CC)NS(=O)(=O)c1ccc(F)c(F)c1. The van der Waals surface area contributed by atoms with Crippen molar-refractivity contribution in [3.63, 3.8) is 0 Å². The summed E-state index contributed by atoms with van der Waals surface area (Å²) in [4.78, 5) is -0.354. The Morgan fingerprint density at radius 3 is 2.26 bits per heavy atom. The van der Waals surface area contributed by atoms with Gasteiger partial charge >= 0.3 is 0 Å². The van der Waals surface area contributed by atoms with E-state index in [-0.39, 0.29) is 4.90 Å². The first-order chi connectivity index (χ1) is 8.80. The Labute approximate surface area is 112 Å². The molecule has 0 heterocycles. The first kappa shape index (κ1) is 15.6. The highest BCUT2D eigenvalue weighted by molar-refractivity contribution is 7.89. The summed E-state index contributed by atoms with van der Waals surface area (Å²) in [5, 5.41) is 0. The van der Waals surface area contributed by atoms with Crippen LogP contribution in [0.4, 0.5) is 8.78 Å². The fourth-order valence-corrected chi connectivity index (χ4v) is 3.07. The van der Waals surface area contributed by atoms with Crippen LogP contribution in [0.25, 0.3) is 0 Å². The molecule has 0 unspecified atom stereocenters. The van der Waals surface area contributed by atoms with Crippen LogP contribution in [0.1, 0.15) is 26.7 Å². The molecule has 104 valence electrons. The highest BCUT2D eigenvalue weighted by Gasteiger charge is 2.30. The number of benzene rings is 1. The van der Waals surface area contributed by atoms with Gasteiger partial charge in [0, 0.05) is 0 Å². The second kappa shape index (κ2) is 5.68. The van der Waals surface area contributed by atoms with Gasteiger partial charge in [0.25, 0.3) is 0 Å². The Bertz CT molecular complexity index is 602. The van der Waals surface area contributed by atoms with E-state index in [0.717, 1.165) is 12.1 Å². The average molecular weight is 287 g/mol. The summed E-state index contributed by atoms with van der Waals surface area (Å²) in [5.41, 5.74) is -1.02. The van der Waals surface area contributed by atoms with Crippen LogP contribution < -0.4 is 4.72 Å². The highest BCUT2D eigenvalue weighted by Crippen LogP contribution is 2.20. The van der Waals surface area contributed by atoms with E-state index in [2.05, 4.69) is 10.6 Å². The Hall–Kier alpha value is -1.45. The lowest BCUT2D eigenvalue weighted by Gasteiger charge is -2.26. The van der Waals surface area contributed by atoms with Gasteiger partial charge < -0.3 is 0 Å². The van der Waals surface area contributed by atoms with Crippen LogP contribution in [0.2, 0.25) is 0 Å². The van der Waals surface area contributed by atoms with Gasteiger partial charge in [0.2, 0.25) is 10.0 Å². The first-order valence-electron chi connectivity index (χ1n) is 5.77. The smallest absolute Gasteiger partial charge is 0.207 e. The minimum atomic E-state index is -3.99. The van der Waals surface area contributed by atoms with Gasteiger partial charge in [0.15, 0.2) is 11.6 Å². The molecule has 0 fully saturated rings. The van der Waals surface area contributed by atoms with E-state index in [9.17, 15) is 17.2 Å². The standard InChI is InChI=1S/C13H15F2NO2S/c1-4-13(5-2,6-3)16-19(17,18)10-7-8-11(14)12(15)9-10/h1,7-9,16H,5-6H2,2-3H3. The predicted molar refractivity (Wildman–Crippen MR) is 68.8 cm³/mol. The molecule has 0 aliphatic carbocycles. The molecular formula is C13H15F2NO2S. The van der Waals surface area contributed by atoms with Gasteiger partial charge in [-0.2, -0.15) is 4.72 Å². The molecule has 0 amide bonds. The van der Waals surface area contributed by atoms with Crippen LogP contribution in [0, 0.1) is 24.0 Å². The summed E-state index contributed by atoms with van der Waals surface area (Å²) >= 11 is 0. The van der Waals surface area contributed by atoms with Crippen molar-refractivity contribution < 1.29 is 17.2 Å². The van der Waals surface area contributed by atoms with Crippen molar-refractivity contribution in [2.45, 2.75) is 37.1 Å². The lowest BCUT2D eigenvalue weighted by molar-refractivity contribution is 0.450. The molecule has 0 spiro atoms. The molecule has 0 saturated carbocycles. The van der Waals surface area contributed by atoms with Gasteiger partial charge in [0.1, 0.15) is 0 Å². The number of halogens is 2. The number of hydrogen-bond acceptors (Lipinski definition) is 2. The van der Waals surface area contributed by atoms with Gasteiger partial charge in [-0.3, -0.25) is 0 Å². The van der Waals surface area contributed by atoms with Crippen molar-refractivity contribution >= 4 is 10.0 Å². The van der Waals surface area contributed by atoms with Crippen LogP contribution in [0.3, 0.4) is 0 Å². The Kier molecular flexibility index (Phi) is 4.66. The third-order valence-corrected chi connectivity index (χ3v) is 4.55. The van der Waals surface area contributed by atoms with Crippen LogP contribution in [-0.4, -0.2) is 14.0 Å². The number of nitrogens with one attached hydrogen (secondary N) is 1. The molecular weight excluding hydrogens is 272 g/mol. The zero-order chi connectivity index (χ0) is 14.7. The summed E-state index contributed by atoms with van der Waals surface area (Å²) in [6, 6.07) is 2.39. The summed E-state index contributed by atoms with van der Waals surface area (Å²) in [6.07, 6.45) is 6.14. The Morgan fingerprint density at radius 1 is 1.26 bits per heavy atom. The topological polar surface area (TPSA) is 46.2 Å². The van der Waals surface area contributed by atoms with Crippen LogP contribution in [-0.2, 0) is 10.0 Å². The van der Waals surface area contributed by atoms with E-state index in [1.807, 2.05) is 0 Å². The van der Waals surface area contributed by atoms with Gasteiger partial charge in [-0.15, -0.1) is 6.42 Å². The van der Waals surface area contributed by atoms with Crippen molar-refractivity contribution in [1.82, 2.24) is 4.72 Å². The lowest BCUT2D eigenvalue weighted by Crippen LogP contribution is -2.46. The van der Waals surface area contributed by atoms with Gasteiger partial charge in [-0.1, -0.05) is 19.8 Å². The van der Waals surface area contributed by atoms with E-state index in [4.69, 9.17) is 6.42 Å². The monoisotopic (exact) mass is 287 g/mol. The fraction of sp³-hybridized carbons (Fsp3) is 0.385. The second-order valence-corrected chi connectivity index (χ2v) is 5.80. The summed E-state index contributed by atoms with van der Waals surface area (Å²) < 4.78 is 52.4. The van der Waals surface area contributed by atoms with E-state index >= 15 is 0 Å². The molecule has 3 nitrogen and oxygen atoms in total.